The van der Waals surface area contributed by atoms with Crippen LogP contribution in [0.2, 0.25) is 0 Å². The number of piperidine rings is 1. The second-order valence-electron chi connectivity index (χ2n) is 4.60. The molecule has 0 bridgehead atoms. The van der Waals surface area contributed by atoms with Gasteiger partial charge in [-0.25, -0.2) is 0 Å². The van der Waals surface area contributed by atoms with Crippen LogP contribution in [0.4, 0.5) is 0 Å². The number of nitrogens with one attached hydrogen (secondary N) is 2. The molecule has 1 fully saturated rings. The van der Waals surface area contributed by atoms with Crippen LogP contribution in [0.15, 0.2) is 0 Å². The van der Waals surface area contributed by atoms with Gasteiger partial charge in [-0.3, -0.25) is 4.79 Å². The fraction of sp³-hybridized carbons (Fsp3) is 0.909. The Hall–Kier alpha value is -0.610. The van der Waals surface area contributed by atoms with Crippen LogP contribution in [0.3, 0.4) is 0 Å². The van der Waals surface area contributed by atoms with Crippen molar-refractivity contribution in [1.82, 2.24) is 15.5 Å². The lowest BCUT2D eigenvalue weighted by Gasteiger charge is -2.24. The van der Waals surface area contributed by atoms with E-state index in [1.807, 2.05) is 14.1 Å². The molecular weight excluding hydrogens is 190 g/mol. The molecule has 0 aliphatic carbocycles. The zero-order valence-corrected chi connectivity index (χ0v) is 10.0. The highest BCUT2D eigenvalue weighted by Gasteiger charge is 2.20. The standard InChI is InChI=1S/C11H23N3O/c1-9(14(2)3)7-13-11(15)10-5-4-6-12-8-10/h9-10,12H,4-8H2,1-3H3,(H,13,15)/t9?,10-/m0/s1. The Bertz CT molecular complexity index is 200. The Labute approximate surface area is 92.4 Å². The van der Waals surface area contributed by atoms with E-state index in [0.29, 0.717) is 6.04 Å². The number of amides is 1. The molecule has 0 aromatic carbocycles. The smallest absolute Gasteiger partial charge is 0.224 e. The van der Waals surface area contributed by atoms with E-state index in [9.17, 15) is 4.79 Å². The van der Waals surface area contributed by atoms with Crippen molar-refractivity contribution in [2.45, 2.75) is 25.8 Å². The largest absolute Gasteiger partial charge is 0.354 e. The lowest BCUT2D eigenvalue weighted by Crippen LogP contribution is -2.44. The Kier molecular flexibility index (Phi) is 5.05. The summed E-state index contributed by atoms with van der Waals surface area (Å²) in [5, 5.41) is 6.27. The molecule has 0 radical (unpaired) electrons. The molecule has 0 spiro atoms. The molecule has 0 saturated carbocycles. The van der Waals surface area contributed by atoms with Crippen molar-refractivity contribution in [3.05, 3.63) is 0 Å². The predicted molar refractivity (Wildman–Crippen MR) is 61.8 cm³/mol. The van der Waals surface area contributed by atoms with Crippen LogP contribution in [0.1, 0.15) is 19.8 Å². The first-order valence-electron chi connectivity index (χ1n) is 5.76. The molecule has 1 saturated heterocycles. The Morgan fingerprint density at radius 2 is 2.33 bits per heavy atom. The van der Waals surface area contributed by atoms with E-state index in [-0.39, 0.29) is 11.8 Å². The van der Waals surface area contributed by atoms with Crippen LogP contribution in [0.25, 0.3) is 0 Å². The van der Waals surface area contributed by atoms with Crippen molar-refractivity contribution >= 4 is 5.91 Å². The average molecular weight is 213 g/mol. The third-order valence-electron chi connectivity index (χ3n) is 3.12. The van der Waals surface area contributed by atoms with Crippen LogP contribution >= 0.6 is 0 Å². The van der Waals surface area contributed by atoms with Crippen molar-refractivity contribution < 1.29 is 4.79 Å². The highest BCUT2D eigenvalue weighted by Crippen LogP contribution is 2.09. The number of hydrogen-bond donors (Lipinski definition) is 2. The fourth-order valence-corrected chi connectivity index (χ4v) is 1.65. The topological polar surface area (TPSA) is 44.4 Å². The second-order valence-corrected chi connectivity index (χ2v) is 4.60. The zero-order chi connectivity index (χ0) is 11.3. The molecule has 1 aliphatic rings. The third kappa shape index (κ3) is 4.18. The molecule has 1 aliphatic heterocycles. The molecule has 88 valence electrons. The maximum Gasteiger partial charge on any atom is 0.224 e. The summed E-state index contributed by atoms with van der Waals surface area (Å²) >= 11 is 0. The summed E-state index contributed by atoms with van der Waals surface area (Å²) in [5.41, 5.74) is 0. The fourth-order valence-electron chi connectivity index (χ4n) is 1.65. The van der Waals surface area contributed by atoms with Gasteiger partial charge in [0.15, 0.2) is 0 Å². The van der Waals surface area contributed by atoms with Crippen molar-refractivity contribution in [3.8, 4) is 0 Å². The van der Waals surface area contributed by atoms with Gasteiger partial charge in [0.25, 0.3) is 0 Å². The van der Waals surface area contributed by atoms with E-state index in [2.05, 4.69) is 22.5 Å². The predicted octanol–water partition coefficient (Wildman–Crippen LogP) is 0.0523. The Balaban J connectivity index is 2.22. The Morgan fingerprint density at radius 1 is 1.60 bits per heavy atom. The highest BCUT2D eigenvalue weighted by molar-refractivity contribution is 5.78. The molecule has 2 N–H and O–H groups in total. The summed E-state index contributed by atoms with van der Waals surface area (Å²) in [7, 11) is 4.05. The first-order chi connectivity index (χ1) is 7.11. The van der Waals surface area contributed by atoms with Crippen molar-refractivity contribution in [2.24, 2.45) is 5.92 Å². The molecule has 4 nitrogen and oxygen atoms in total. The minimum Gasteiger partial charge on any atom is -0.354 e. The van der Waals surface area contributed by atoms with Gasteiger partial charge < -0.3 is 15.5 Å². The number of nitrogens with zero attached hydrogens (tertiary/aromatic N) is 1. The van der Waals surface area contributed by atoms with Gasteiger partial charge in [-0.05, 0) is 40.4 Å². The van der Waals surface area contributed by atoms with E-state index in [0.717, 1.165) is 32.5 Å². The maximum atomic E-state index is 11.8. The second kappa shape index (κ2) is 6.08. The average Bonchev–Trinajstić information content (AvgIpc) is 2.26. The molecule has 15 heavy (non-hydrogen) atoms. The van der Waals surface area contributed by atoms with Crippen LogP contribution < -0.4 is 10.6 Å². The van der Waals surface area contributed by atoms with Crippen LogP contribution in [-0.2, 0) is 4.79 Å². The van der Waals surface area contributed by atoms with E-state index in [1.54, 1.807) is 0 Å². The van der Waals surface area contributed by atoms with Gasteiger partial charge >= 0.3 is 0 Å². The van der Waals surface area contributed by atoms with Crippen molar-refractivity contribution in [3.63, 3.8) is 0 Å². The van der Waals surface area contributed by atoms with E-state index >= 15 is 0 Å². The highest BCUT2D eigenvalue weighted by atomic mass is 16.1. The van der Waals surface area contributed by atoms with Gasteiger partial charge in [0.05, 0.1) is 5.92 Å². The minimum absolute atomic E-state index is 0.174. The summed E-state index contributed by atoms with van der Waals surface area (Å²) < 4.78 is 0. The molecule has 1 amide bonds. The molecule has 0 aromatic heterocycles. The monoisotopic (exact) mass is 213 g/mol. The van der Waals surface area contributed by atoms with Crippen molar-refractivity contribution in [1.29, 1.82) is 0 Å². The number of likely N-dealkylation sites (N-methyl/N-ethyl adjacent to an activating group) is 1. The Morgan fingerprint density at radius 3 is 2.87 bits per heavy atom. The summed E-state index contributed by atoms with van der Waals surface area (Å²) in [6.07, 6.45) is 2.14. The molecule has 1 heterocycles. The SMILES string of the molecule is CC(CNC(=O)[C@H]1CCCNC1)N(C)C. The first kappa shape index (κ1) is 12.5. The maximum absolute atomic E-state index is 11.8. The van der Waals surface area contributed by atoms with Gasteiger partial charge in [0.2, 0.25) is 5.91 Å². The molecule has 2 atom stereocenters. The van der Waals surface area contributed by atoms with Gasteiger partial charge in [-0.15, -0.1) is 0 Å². The van der Waals surface area contributed by atoms with Crippen LogP contribution in [0.5, 0.6) is 0 Å². The zero-order valence-electron chi connectivity index (χ0n) is 10.0. The minimum atomic E-state index is 0.174. The summed E-state index contributed by atoms with van der Waals surface area (Å²) in [4.78, 5) is 13.9. The number of rotatable bonds is 4. The lowest BCUT2D eigenvalue weighted by atomic mass is 9.99. The summed E-state index contributed by atoms with van der Waals surface area (Å²) in [5.74, 6) is 0.379. The summed E-state index contributed by atoms with van der Waals surface area (Å²) in [6.45, 7) is 4.74. The van der Waals surface area contributed by atoms with Gasteiger partial charge in [0, 0.05) is 19.1 Å². The number of hydrogen-bond acceptors (Lipinski definition) is 3. The third-order valence-corrected chi connectivity index (χ3v) is 3.12. The number of carbonyl (C=O) groups excluding carboxylic acids is 1. The summed E-state index contributed by atoms with van der Waals surface area (Å²) in [6, 6.07) is 0.394. The first-order valence-corrected chi connectivity index (χ1v) is 5.76. The van der Waals surface area contributed by atoms with Gasteiger partial charge in [0.1, 0.15) is 0 Å². The molecular formula is C11H23N3O. The van der Waals surface area contributed by atoms with Crippen LogP contribution in [-0.4, -0.2) is 50.6 Å². The van der Waals surface area contributed by atoms with Crippen LogP contribution in [0, 0.1) is 5.92 Å². The van der Waals surface area contributed by atoms with Gasteiger partial charge in [-0.2, -0.15) is 0 Å². The lowest BCUT2D eigenvalue weighted by molar-refractivity contribution is -0.125. The van der Waals surface area contributed by atoms with E-state index in [4.69, 9.17) is 0 Å². The molecule has 4 heteroatoms. The van der Waals surface area contributed by atoms with E-state index in [1.165, 1.54) is 0 Å². The molecule has 1 unspecified atom stereocenters. The number of carbonyl (C=O) groups is 1. The normalized spacial score (nSPS) is 23.9. The van der Waals surface area contributed by atoms with Crippen molar-refractivity contribution in [2.75, 3.05) is 33.7 Å². The van der Waals surface area contributed by atoms with E-state index < -0.39 is 0 Å². The molecule has 1 rings (SSSR count). The molecule has 0 aromatic rings. The van der Waals surface area contributed by atoms with Gasteiger partial charge in [-0.1, -0.05) is 0 Å². The quantitative estimate of drug-likeness (QED) is 0.694.